The third-order valence-electron chi connectivity index (χ3n) is 4.76. The quantitative estimate of drug-likeness (QED) is 0.668. The van der Waals surface area contributed by atoms with E-state index in [2.05, 4.69) is 0 Å². The molecule has 1 aliphatic rings. The number of hydrogen-bond donors (Lipinski definition) is 1. The lowest BCUT2D eigenvalue weighted by Crippen LogP contribution is -2.45. The predicted octanol–water partition coefficient (Wildman–Crippen LogP) is 3.08. The normalized spacial score (nSPS) is 21.0. The van der Waals surface area contributed by atoms with Crippen molar-refractivity contribution in [2.45, 2.75) is 39.5 Å². The zero-order valence-corrected chi connectivity index (χ0v) is 15.0. The number of nitro benzene ring substituents is 1. The van der Waals surface area contributed by atoms with E-state index in [4.69, 9.17) is 0 Å². The molecule has 0 saturated carbocycles. The molecule has 2 rings (SSSR count). The van der Waals surface area contributed by atoms with Gasteiger partial charge in [-0.25, -0.2) is 0 Å². The molecule has 0 radical (unpaired) electrons. The lowest BCUT2D eigenvalue weighted by atomic mass is 9.84. The van der Waals surface area contributed by atoms with Crippen LogP contribution in [0.15, 0.2) is 18.2 Å². The maximum Gasteiger partial charge on any atom is 0.306 e. The first-order valence-corrected chi connectivity index (χ1v) is 8.33. The third-order valence-corrected chi connectivity index (χ3v) is 4.76. The molecule has 0 bridgehead atoms. The van der Waals surface area contributed by atoms with Crippen molar-refractivity contribution >= 4 is 17.6 Å². The van der Waals surface area contributed by atoms with Crippen LogP contribution in [0.25, 0.3) is 0 Å². The molecule has 1 heterocycles. The van der Waals surface area contributed by atoms with Gasteiger partial charge in [-0.2, -0.15) is 0 Å². The van der Waals surface area contributed by atoms with E-state index in [-0.39, 0.29) is 23.1 Å². The average molecular weight is 348 g/mol. The molecule has 0 spiro atoms. The van der Waals surface area contributed by atoms with Gasteiger partial charge in [-0.3, -0.25) is 19.7 Å². The number of aliphatic carboxylic acids is 1. The highest BCUT2D eigenvalue weighted by Crippen LogP contribution is 2.32. The standard InChI is InChI=1S/C18H24N2O5/c1-11-10-19(8-7-13(11)17(22)23)16(21)12-5-6-14(18(2,3)4)15(9-12)20(24)25/h5-6,9,11,13H,7-8,10H2,1-4H3,(H,22,23). The van der Waals surface area contributed by atoms with E-state index >= 15 is 0 Å². The summed E-state index contributed by atoms with van der Waals surface area (Å²) < 4.78 is 0. The monoisotopic (exact) mass is 348 g/mol. The summed E-state index contributed by atoms with van der Waals surface area (Å²) in [5.41, 5.74) is 0.373. The van der Waals surface area contributed by atoms with Crippen molar-refractivity contribution < 1.29 is 19.6 Å². The summed E-state index contributed by atoms with van der Waals surface area (Å²) in [5, 5.41) is 20.6. The summed E-state index contributed by atoms with van der Waals surface area (Å²) in [4.78, 5) is 36.4. The lowest BCUT2D eigenvalue weighted by Gasteiger charge is -2.35. The Bertz CT molecular complexity index is 708. The number of piperidine rings is 1. The highest BCUT2D eigenvalue weighted by Gasteiger charge is 2.34. The third kappa shape index (κ3) is 3.97. The molecule has 25 heavy (non-hydrogen) atoms. The topological polar surface area (TPSA) is 101 Å². The van der Waals surface area contributed by atoms with Gasteiger partial charge in [0.1, 0.15) is 0 Å². The molecule has 0 aliphatic carbocycles. The predicted molar refractivity (Wildman–Crippen MR) is 92.6 cm³/mol. The lowest BCUT2D eigenvalue weighted by molar-refractivity contribution is -0.386. The number of carbonyl (C=O) groups is 2. The number of carboxylic acids is 1. The second-order valence-corrected chi connectivity index (χ2v) is 7.70. The fourth-order valence-corrected chi connectivity index (χ4v) is 3.33. The Morgan fingerprint density at radius 3 is 2.44 bits per heavy atom. The van der Waals surface area contributed by atoms with Gasteiger partial charge >= 0.3 is 5.97 Å². The summed E-state index contributed by atoms with van der Waals surface area (Å²) >= 11 is 0. The van der Waals surface area contributed by atoms with Crippen LogP contribution in [-0.4, -0.2) is 39.9 Å². The van der Waals surface area contributed by atoms with Crippen LogP contribution in [0.1, 0.15) is 50.0 Å². The molecule has 7 heteroatoms. The zero-order valence-electron chi connectivity index (χ0n) is 15.0. The smallest absolute Gasteiger partial charge is 0.306 e. The van der Waals surface area contributed by atoms with E-state index in [1.54, 1.807) is 17.0 Å². The van der Waals surface area contributed by atoms with E-state index in [9.17, 15) is 24.8 Å². The Labute approximate surface area is 146 Å². The largest absolute Gasteiger partial charge is 0.481 e. The zero-order chi connectivity index (χ0) is 18.9. The summed E-state index contributed by atoms with van der Waals surface area (Å²) in [6.07, 6.45) is 0.393. The second-order valence-electron chi connectivity index (χ2n) is 7.70. The molecule has 2 unspecified atom stereocenters. The number of hydrogen-bond acceptors (Lipinski definition) is 4. The number of likely N-dealkylation sites (tertiary alicyclic amines) is 1. The highest BCUT2D eigenvalue weighted by molar-refractivity contribution is 5.95. The minimum absolute atomic E-state index is 0.0631. The van der Waals surface area contributed by atoms with Crippen molar-refractivity contribution in [1.82, 2.24) is 4.90 Å². The molecule has 1 N–H and O–H groups in total. The summed E-state index contributed by atoms with van der Waals surface area (Å²) in [7, 11) is 0. The van der Waals surface area contributed by atoms with Gasteiger partial charge in [-0.15, -0.1) is 0 Å². The number of carbonyl (C=O) groups excluding carboxylic acids is 1. The first kappa shape index (κ1) is 18.9. The summed E-state index contributed by atoms with van der Waals surface area (Å²) in [6, 6.07) is 4.58. The van der Waals surface area contributed by atoms with Crippen LogP contribution in [0.5, 0.6) is 0 Å². The van der Waals surface area contributed by atoms with Crippen molar-refractivity contribution in [1.29, 1.82) is 0 Å². The van der Waals surface area contributed by atoms with Crippen molar-refractivity contribution in [3.63, 3.8) is 0 Å². The Hall–Kier alpha value is -2.44. The van der Waals surface area contributed by atoms with Crippen LogP contribution in [0.3, 0.4) is 0 Å². The molecule has 1 fully saturated rings. The molecule has 1 aromatic rings. The maximum atomic E-state index is 12.7. The highest BCUT2D eigenvalue weighted by atomic mass is 16.6. The Morgan fingerprint density at radius 1 is 1.32 bits per heavy atom. The van der Waals surface area contributed by atoms with E-state index in [0.29, 0.717) is 25.1 Å². The van der Waals surface area contributed by atoms with Gasteiger partial charge < -0.3 is 10.0 Å². The number of carboxylic acid groups (broad SMARTS) is 1. The number of rotatable bonds is 3. The fourth-order valence-electron chi connectivity index (χ4n) is 3.33. The molecule has 0 aromatic heterocycles. The molecular formula is C18H24N2O5. The molecule has 2 atom stereocenters. The van der Waals surface area contributed by atoms with Crippen molar-refractivity contribution in [3.8, 4) is 0 Å². The van der Waals surface area contributed by atoms with Gasteiger partial charge in [0.05, 0.1) is 10.8 Å². The van der Waals surface area contributed by atoms with Gasteiger partial charge in [0.15, 0.2) is 0 Å². The first-order valence-electron chi connectivity index (χ1n) is 8.33. The van der Waals surface area contributed by atoms with Gasteiger partial charge in [0, 0.05) is 30.3 Å². The van der Waals surface area contributed by atoms with Crippen LogP contribution in [0.4, 0.5) is 5.69 Å². The van der Waals surface area contributed by atoms with Gasteiger partial charge in [-0.05, 0) is 23.8 Å². The minimum atomic E-state index is -0.843. The average Bonchev–Trinajstić information content (AvgIpc) is 2.52. The number of nitro groups is 1. The van der Waals surface area contributed by atoms with Crippen LogP contribution in [-0.2, 0) is 10.2 Å². The van der Waals surface area contributed by atoms with Crippen molar-refractivity contribution in [2.75, 3.05) is 13.1 Å². The second kappa shape index (κ2) is 6.82. The summed E-state index contributed by atoms with van der Waals surface area (Å²) in [6.45, 7) is 8.14. The molecule has 1 aromatic carbocycles. The number of amides is 1. The van der Waals surface area contributed by atoms with Crippen LogP contribution < -0.4 is 0 Å². The first-order chi connectivity index (χ1) is 11.5. The van der Waals surface area contributed by atoms with Crippen molar-refractivity contribution in [3.05, 3.63) is 39.4 Å². The SMILES string of the molecule is CC1CN(C(=O)c2ccc(C(C)(C)C)c([N+](=O)[O-])c2)CCC1C(=O)O. The molecule has 1 amide bonds. The Morgan fingerprint density at radius 2 is 1.96 bits per heavy atom. The molecule has 1 aliphatic heterocycles. The maximum absolute atomic E-state index is 12.7. The van der Waals surface area contributed by atoms with Crippen LogP contribution in [0, 0.1) is 22.0 Å². The van der Waals surface area contributed by atoms with Gasteiger partial charge in [-0.1, -0.05) is 33.8 Å². The van der Waals surface area contributed by atoms with Crippen LogP contribution in [0.2, 0.25) is 0 Å². The fraction of sp³-hybridized carbons (Fsp3) is 0.556. The molecule has 136 valence electrons. The van der Waals surface area contributed by atoms with Gasteiger partial charge in [0.25, 0.3) is 11.6 Å². The van der Waals surface area contributed by atoms with Crippen LogP contribution >= 0.6 is 0 Å². The van der Waals surface area contributed by atoms with Gasteiger partial charge in [0.2, 0.25) is 0 Å². The molecular weight excluding hydrogens is 324 g/mol. The van der Waals surface area contributed by atoms with Crippen molar-refractivity contribution in [2.24, 2.45) is 11.8 Å². The number of benzene rings is 1. The van der Waals surface area contributed by atoms with E-state index < -0.39 is 22.2 Å². The minimum Gasteiger partial charge on any atom is -0.481 e. The summed E-state index contributed by atoms with van der Waals surface area (Å²) in [5.74, 6) is -1.75. The Kier molecular flexibility index (Phi) is 5.15. The molecule has 7 nitrogen and oxygen atoms in total. The van der Waals surface area contributed by atoms with E-state index in [1.807, 2.05) is 27.7 Å². The Balaban J connectivity index is 2.27. The molecule has 1 saturated heterocycles. The van der Waals surface area contributed by atoms with E-state index in [0.717, 1.165) is 0 Å². The van der Waals surface area contributed by atoms with E-state index in [1.165, 1.54) is 6.07 Å². The number of nitrogens with zero attached hydrogens (tertiary/aromatic N) is 2.